The van der Waals surface area contributed by atoms with Crippen molar-refractivity contribution in [1.82, 2.24) is 5.32 Å². The second-order valence-corrected chi connectivity index (χ2v) is 7.38. The molecule has 0 aromatic heterocycles. The van der Waals surface area contributed by atoms with Gasteiger partial charge in [-0.05, 0) is 12.8 Å². The lowest BCUT2D eigenvalue weighted by Crippen LogP contribution is -2.32. The quantitative estimate of drug-likeness (QED) is 0.348. The van der Waals surface area contributed by atoms with Crippen LogP contribution in [0.3, 0.4) is 0 Å². The molecule has 0 radical (unpaired) electrons. The summed E-state index contributed by atoms with van der Waals surface area (Å²) in [5, 5.41) is 19.1. The summed E-state index contributed by atoms with van der Waals surface area (Å²) in [6.07, 6.45) is 18.0. The molecule has 0 bridgehead atoms. The number of hydrogen-bond acceptors (Lipinski definition) is 3. The number of carboxylic acids is 2. The summed E-state index contributed by atoms with van der Waals surface area (Å²) >= 11 is 0. The molecule has 6 nitrogen and oxygen atoms in total. The minimum absolute atomic E-state index is 0.164. The predicted octanol–water partition coefficient (Wildman–Crippen LogP) is 4.90. The lowest BCUT2D eigenvalue weighted by atomic mass is 10.0. The summed E-state index contributed by atoms with van der Waals surface area (Å²) in [4.78, 5) is 30.8. The van der Waals surface area contributed by atoms with Crippen LogP contribution in [0.1, 0.15) is 110 Å². The lowest BCUT2D eigenvalue weighted by Gasteiger charge is -2.02. The second kappa shape index (κ2) is 17.8. The first-order chi connectivity index (χ1) is 13.0. The highest BCUT2D eigenvalue weighted by atomic mass is 16.4. The smallest absolute Gasteiger partial charge is 0.326 e. The largest absolute Gasteiger partial charge is 0.481 e. The molecular formula is C21H39NO5. The number of carbonyl (C=O) groups excluding carboxylic acids is 1. The molecule has 0 aromatic carbocycles. The molecule has 1 atom stereocenters. The van der Waals surface area contributed by atoms with E-state index in [2.05, 4.69) is 12.2 Å². The molecule has 0 unspecified atom stereocenters. The highest BCUT2D eigenvalue weighted by Gasteiger charge is 2.26. The van der Waals surface area contributed by atoms with Gasteiger partial charge in [0.05, 0.1) is 0 Å². The monoisotopic (exact) mass is 385 g/mol. The van der Waals surface area contributed by atoms with Gasteiger partial charge < -0.3 is 15.5 Å². The van der Waals surface area contributed by atoms with Gasteiger partial charge >= 0.3 is 11.9 Å². The highest BCUT2D eigenvalue weighted by molar-refractivity contribution is 5.87. The summed E-state index contributed by atoms with van der Waals surface area (Å²) in [5.74, 6) is -1.76. The number of unbranched alkanes of at least 4 members (excludes halogenated alkanes) is 12. The van der Waals surface area contributed by atoms with E-state index in [1.165, 1.54) is 70.6 Å². The number of rotatable bonds is 15. The summed E-state index contributed by atoms with van der Waals surface area (Å²) in [6.45, 7) is 2.26. The molecule has 3 N–H and O–H groups in total. The molecule has 1 aliphatic heterocycles. The van der Waals surface area contributed by atoms with Crippen LogP contribution in [0, 0.1) is 0 Å². The Kier molecular flexibility index (Phi) is 16.8. The maximum Gasteiger partial charge on any atom is 0.326 e. The second-order valence-electron chi connectivity index (χ2n) is 7.38. The normalized spacial score (nSPS) is 15.7. The van der Waals surface area contributed by atoms with E-state index in [-0.39, 0.29) is 5.91 Å². The fraction of sp³-hybridized carbons (Fsp3) is 0.857. The van der Waals surface area contributed by atoms with Gasteiger partial charge in [-0.3, -0.25) is 9.59 Å². The van der Waals surface area contributed by atoms with Crippen LogP contribution in [0.2, 0.25) is 0 Å². The molecule has 0 aromatic rings. The van der Waals surface area contributed by atoms with E-state index in [0.717, 1.165) is 12.8 Å². The van der Waals surface area contributed by atoms with Gasteiger partial charge in [0.15, 0.2) is 0 Å². The van der Waals surface area contributed by atoms with Crippen LogP contribution in [0.4, 0.5) is 0 Å². The lowest BCUT2D eigenvalue weighted by molar-refractivity contribution is -0.140. The fourth-order valence-corrected chi connectivity index (χ4v) is 3.09. The van der Waals surface area contributed by atoms with Gasteiger partial charge in [-0.1, -0.05) is 84.0 Å². The Balaban J connectivity index is 0.000000621. The molecule has 1 saturated heterocycles. The summed E-state index contributed by atoms with van der Waals surface area (Å²) < 4.78 is 0. The van der Waals surface area contributed by atoms with Crippen molar-refractivity contribution in [1.29, 1.82) is 0 Å². The van der Waals surface area contributed by atoms with E-state index in [9.17, 15) is 14.4 Å². The van der Waals surface area contributed by atoms with E-state index < -0.39 is 18.0 Å². The van der Waals surface area contributed by atoms with Crippen molar-refractivity contribution in [3.8, 4) is 0 Å². The Morgan fingerprint density at radius 1 is 0.852 bits per heavy atom. The minimum Gasteiger partial charge on any atom is -0.481 e. The Hall–Kier alpha value is -1.59. The molecule has 1 aliphatic rings. The third-order valence-corrected chi connectivity index (χ3v) is 4.79. The average molecular weight is 386 g/mol. The Bertz CT molecular complexity index is 411. The van der Waals surface area contributed by atoms with Crippen molar-refractivity contribution in [2.75, 3.05) is 0 Å². The summed E-state index contributed by atoms with van der Waals surface area (Å²) in [6, 6.07) is -0.641. The van der Waals surface area contributed by atoms with Crippen molar-refractivity contribution in [2.24, 2.45) is 0 Å². The van der Waals surface area contributed by atoms with E-state index >= 15 is 0 Å². The predicted molar refractivity (Wildman–Crippen MR) is 107 cm³/mol. The van der Waals surface area contributed by atoms with E-state index in [1.54, 1.807) is 0 Å². The highest BCUT2D eigenvalue weighted by Crippen LogP contribution is 2.12. The number of amides is 1. The van der Waals surface area contributed by atoms with E-state index in [1.807, 2.05) is 0 Å². The van der Waals surface area contributed by atoms with Crippen LogP contribution in [0.25, 0.3) is 0 Å². The fourth-order valence-electron chi connectivity index (χ4n) is 3.09. The van der Waals surface area contributed by atoms with Crippen LogP contribution in [0.5, 0.6) is 0 Å². The summed E-state index contributed by atoms with van der Waals surface area (Å²) in [5.41, 5.74) is 0. The zero-order chi connectivity index (χ0) is 20.3. The van der Waals surface area contributed by atoms with Gasteiger partial charge in [0, 0.05) is 12.8 Å². The minimum atomic E-state index is -0.944. The standard InChI is InChI=1S/C16H32O2.C5H7NO3/c1-2-3-4-5-6-7-8-9-10-11-12-13-14-15-16(17)18;7-4-2-1-3(6-4)5(8)9/h2-15H2,1H3,(H,17,18);3H,1-2H2,(H,6,7)(H,8,9)/t;3-/m.0/s1. The molecule has 0 spiro atoms. The Labute approximate surface area is 164 Å². The van der Waals surface area contributed by atoms with Crippen LogP contribution in [0.15, 0.2) is 0 Å². The maximum atomic E-state index is 10.4. The van der Waals surface area contributed by atoms with E-state index in [0.29, 0.717) is 19.3 Å². The van der Waals surface area contributed by atoms with Gasteiger partial charge in [-0.25, -0.2) is 4.79 Å². The average Bonchev–Trinajstić information content (AvgIpc) is 3.06. The molecule has 1 heterocycles. The molecule has 0 aliphatic carbocycles. The van der Waals surface area contributed by atoms with Gasteiger partial charge in [0.1, 0.15) is 6.04 Å². The first-order valence-electron chi connectivity index (χ1n) is 10.7. The molecule has 1 fully saturated rings. The Morgan fingerprint density at radius 3 is 1.59 bits per heavy atom. The SMILES string of the molecule is CCCCCCCCCCCCCCCC(=O)O.O=C1CC[C@@H](C(=O)O)N1. The molecule has 158 valence electrons. The maximum absolute atomic E-state index is 10.4. The van der Waals surface area contributed by atoms with Crippen molar-refractivity contribution in [2.45, 2.75) is 116 Å². The first-order valence-corrected chi connectivity index (χ1v) is 10.7. The molecule has 27 heavy (non-hydrogen) atoms. The van der Waals surface area contributed by atoms with Gasteiger partial charge in [-0.2, -0.15) is 0 Å². The number of hydrogen-bond donors (Lipinski definition) is 3. The number of carbonyl (C=O) groups is 3. The van der Waals surface area contributed by atoms with Gasteiger partial charge in [-0.15, -0.1) is 0 Å². The van der Waals surface area contributed by atoms with Crippen LogP contribution in [-0.2, 0) is 14.4 Å². The van der Waals surface area contributed by atoms with Crippen molar-refractivity contribution < 1.29 is 24.6 Å². The van der Waals surface area contributed by atoms with Crippen LogP contribution >= 0.6 is 0 Å². The van der Waals surface area contributed by atoms with Gasteiger partial charge in [0.2, 0.25) is 5.91 Å². The van der Waals surface area contributed by atoms with Crippen molar-refractivity contribution >= 4 is 17.8 Å². The first kappa shape index (κ1) is 25.4. The third kappa shape index (κ3) is 17.6. The number of nitrogens with one attached hydrogen (secondary N) is 1. The Morgan fingerprint density at radius 2 is 1.30 bits per heavy atom. The van der Waals surface area contributed by atoms with E-state index in [4.69, 9.17) is 10.2 Å². The van der Waals surface area contributed by atoms with Crippen LogP contribution < -0.4 is 5.32 Å². The number of carboxylic acid groups (broad SMARTS) is 2. The van der Waals surface area contributed by atoms with Crippen LogP contribution in [-0.4, -0.2) is 34.1 Å². The van der Waals surface area contributed by atoms with Gasteiger partial charge in [0.25, 0.3) is 0 Å². The number of aliphatic carboxylic acids is 2. The van der Waals surface area contributed by atoms with Crippen molar-refractivity contribution in [3.63, 3.8) is 0 Å². The molecule has 1 rings (SSSR count). The molecule has 0 saturated carbocycles. The zero-order valence-electron chi connectivity index (χ0n) is 17.0. The molecular weight excluding hydrogens is 346 g/mol. The molecule has 1 amide bonds. The topological polar surface area (TPSA) is 104 Å². The third-order valence-electron chi connectivity index (χ3n) is 4.79. The zero-order valence-corrected chi connectivity index (χ0v) is 17.0. The van der Waals surface area contributed by atoms with Crippen molar-refractivity contribution in [3.05, 3.63) is 0 Å². The molecule has 6 heteroatoms. The summed E-state index contributed by atoms with van der Waals surface area (Å²) in [7, 11) is 0.